The SMILES string of the molecule is CC(CCC(=O)NCc1ccccc1)C1CCC2C3C(O)CC4CC(O)CCC4(C)C3CC(O)C12C. The maximum atomic E-state index is 12.6. The maximum Gasteiger partial charge on any atom is 0.220 e. The van der Waals surface area contributed by atoms with Gasteiger partial charge in [0.15, 0.2) is 0 Å². The summed E-state index contributed by atoms with van der Waals surface area (Å²) in [5.41, 5.74) is 1.00. The fraction of sp³-hybridized carbons (Fsp3) is 0.774. The van der Waals surface area contributed by atoms with Crippen LogP contribution in [-0.2, 0) is 11.3 Å². The Bertz CT molecular complexity index is 922. The normalized spacial score (nSPS) is 44.7. The van der Waals surface area contributed by atoms with E-state index < -0.39 is 0 Å². The molecule has 5 nitrogen and oxygen atoms in total. The summed E-state index contributed by atoms with van der Waals surface area (Å²) in [6.07, 6.45) is 6.70. The molecule has 11 atom stereocenters. The second-order valence-electron chi connectivity index (χ2n) is 13.3. The zero-order chi connectivity index (χ0) is 25.7. The lowest BCUT2D eigenvalue weighted by Crippen LogP contribution is -2.62. The van der Waals surface area contributed by atoms with E-state index in [-0.39, 0.29) is 41.0 Å². The highest BCUT2D eigenvalue weighted by atomic mass is 16.3. The smallest absolute Gasteiger partial charge is 0.220 e. The van der Waals surface area contributed by atoms with Crippen LogP contribution in [0.5, 0.6) is 0 Å². The number of nitrogens with one attached hydrogen (secondary N) is 1. The molecule has 1 aromatic rings. The molecule has 4 aliphatic carbocycles. The lowest BCUT2D eigenvalue weighted by molar-refractivity contribution is -0.207. The summed E-state index contributed by atoms with van der Waals surface area (Å²) in [6, 6.07) is 10.0. The van der Waals surface area contributed by atoms with Gasteiger partial charge >= 0.3 is 0 Å². The first-order valence-corrected chi connectivity index (χ1v) is 14.5. The van der Waals surface area contributed by atoms with Crippen molar-refractivity contribution >= 4 is 5.91 Å². The largest absolute Gasteiger partial charge is 0.393 e. The van der Waals surface area contributed by atoms with Gasteiger partial charge < -0.3 is 20.6 Å². The van der Waals surface area contributed by atoms with Crippen LogP contribution in [-0.4, -0.2) is 39.5 Å². The molecule has 0 bridgehead atoms. The van der Waals surface area contributed by atoms with E-state index in [1.54, 1.807) is 0 Å². The van der Waals surface area contributed by atoms with Gasteiger partial charge in [-0.15, -0.1) is 0 Å². The number of hydrogen-bond acceptors (Lipinski definition) is 4. The van der Waals surface area contributed by atoms with Gasteiger partial charge in [0.25, 0.3) is 0 Å². The molecule has 1 amide bonds. The van der Waals surface area contributed by atoms with E-state index in [2.05, 4.69) is 26.1 Å². The predicted molar refractivity (Wildman–Crippen MR) is 141 cm³/mol. The van der Waals surface area contributed by atoms with Crippen molar-refractivity contribution in [3.63, 3.8) is 0 Å². The van der Waals surface area contributed by atoms with E-state index in [9.17, 15) is 20.1 Å². The highest BCUT2D eigenvalue weighted by Crippen LogP contribution is 2.68. The van der Waals surface area contributed by atoms with Crippen molar-refractivity contribution < 1.29 is 20.1 Å². The molecule has 36 heavy (non-hydrogen) atoms. The van der Waals surface area contributed by atoms with Crippen molar-refractivity contribution in [2.75, 3.05) is 0 Å². The average molecular weight is 498 g/mol. The summed E-state index contributed by atoms with van der Waals surface area (Å²) < 4.78 is 0. The molecule has 200 valence electrons. The number of aliphatic hydroxyl groups is 3. The number of rotatable bonds is 6. The molecule has 5 heteroatoms. The second kappa shape index (κ2) is 10.0. The van der Waals surface area contributed by atoms with Gasteiger partial charge in [-0.2, -0.15) is 0 Å². The van der Waals surface area contributed by atoms with Crippen molar-refractivity contribution in [3.05, 3.63) is 35.9 Å². The van der Waals surface area contributed by atoms with Crippen LogP contribution in [0.25, 0.3) is 0 Å². The molecule has 0 radical (unpaired) electrons. The highest BCUT2D eigenvalue weighted by molar-refractivity contribution is 5.75. The van der Waals surface area contributed by atoms with Crippen molar-refractivity contribution in [2.45, 2.75) is 103 Å². The van der Waals surface area contributed by atoms with Gasteiger partial charge in [-0.3, -0.25) is 4.79 Å². The summed E-state index contributed by atoms with van der Waals surface area (Å²) in [5, 5.41) is 36.5. The Hall–Kier alpha value is -1.43. The highest BCUT2D eigenvalue weighted by Gasteiger charge is 2.65. The molecule has 4 N–H and O–H groups in total. The quantitative estimate of drug-likeness (QED) is 0.459. The van der Waals surface area contributed by atoms with Crippen LogP contribution >= 0.6 is 0 Å². The molecule has 11 unspecified atom stereocenters. The first kappa shape index (κ1) is 26.2. The average Bonchev–Trinajstić information content (AvgIpc) is 3.22. The third-order valence-corrected chi connectivity index (χ3v) is 11.7. The number of amides is 1. The summed E-state index contributed by atoms with van der Waals surface area (Å²) in [5.74, 6) is 2.04. The predicted octanol–water partition coefficient (Wildman–Crippen LogP) is 4.68. The van der Waals surface area contributed by atoms with Crippen molar-refractivity contribution in [2.24, 2.45) is 46.3 Å². The Morgan fingerprint density at radius 2 is 1.78 bits per heavy atom. The molecule has 0 heterocycles. The number of benzene rings is 1. The zero-order valence-corrected chi connectivity index (χ0v) is 22.4. The topological polar surface area (TPSA) is 89.8 Å². The van der Waals surface area contributed by atoms with E-state index in [0.717, 1.165) is 56.9 Å². The van der Waals surface area contributed by atoms with Gasteiger partial charge in [0.05, 0.1) is 18.3 Å². The number of carbonyl (C=O) groups is 1. The van der Waals surface area contributed by atoms with Gasteiger partial charge in [-0.05, 0) is 103 Å². The monoisotopic (exact) mass is 497 g/mol. The van der Waals surface area contributed by atoms with E-state index in [0.29, 0.717) is 42.6 Å². The lowest BCUT2D eigenvalue weighted by Gasteiger charge is -2.63. The Morgan fingerprint density at radius 3 is 2.53 bits per heavy atom. The minimum Gasteiger partial charge on any atom is -0.393 e. The third kappa shape index (κ3) is 4.43. The molecular formula is C31H47NO4. The van der Waals surface area contributed by atoms with Crippen LogP contribution in [0.1, 0.15) is 84.1 Å². The summed E-state index contributed by atoms with van der Waals surface area (Å²) in [7, 11) is 0. The zero-order valence-electron chi connectivity index (χ0n) is 22.4. The minimum absolute atomic E-state index is 0.0933. The van der Waals surface area contributed by atoms with Crippen LogP contribution in [0, 0.1) is 46.3 Å². The molecule has 4 aliphatic rings. The van der Waals surface area contributed by atoms with Crippen molar-refractivity contribution in [1.82, 2.24) is 5.32 Å². The van der Waals surface area contributed by atoms with Crippen LogP contribution in [0.4, 0.5) is 0 Å². The van der Waals surface area contributed by atoms with E-state index in [1.807, 2.05) is 30.3 Å². The minimum atomic E-state index is -0.375. The van der Waals surface area contributed by atoms with Gasteiger partial charge in [0, 0.05) is 13.0 Å². The molecule has 4 saturated carbocycles. The number of aliphatic hydroxyl groups excluding tert-OH is 3. The van der Waals surface area contributed by atoms with Gasteiger partial charge in [-0.25, -0.2) is 0 Å². The number of fused-ring (bicyclic) bond motifs is 5. The standard InChI is InChI=1S/C31H47NO4/c1-19(9-12-28(36)32-18-20-7-5-4-6-8-20)23-10-11-24-29-25(17-27(35)31(23,24)3)30(2)14-13-22(33)15-21(30)16-26(29)34/h4-8,19,21-27,29,33-35H,9-18H2,1-3H3,(H,32,36). The molecule has 0 aromatic heterocycles. The Balaban J connectivity index is 1.25. The number of hydrogen-bond donors (Lipinski definition) is 4. The lowest BCUT2D eigenvalue weighted by atomic mass is 9.43. The van der Waals surface area contributed by atoms with E-state index >= 15 is 0 Å². The Labute approximate surface area is 217 Å². The van der Waals surface area contributed by atoms with Crippen LogP contribution in [0.3, 0.4) is 0 Å². The van der Waals surface area contributed by atoms with Gasteiger partial charge in [0.2, 0.25) is 5.91 Å². The molecule has 4 fully saturated rings. The van der Waals surface area contributed by atoms with E-state index in [1.165, 1.54) is 0 Å². The molecule has 0 spiro atoms. The van der Waals surface area contributed by atoms with Crippen LogP contribution < -0.4 is 5.32 Å². The fourth-order valence-corrected chi connectivity index (χ4v) is 9.58. The molecule has 5 rings (SSSR count). The first-order valence-electron chi connectivity index (χ1n) is 14.5. The third-order valence-electron chi connectivity index (χ3n) is 11.7. The molecule has 0 aliphatic heterocycles. The maximum absolute atomic E-state index is 12.6. The van der Waals surface area contributed by atoms with Gasteiger partial charge in [0.1, 0.15) is 0 Å². The van der Waals surface area contributed by atoms with Crippen LogP contribution in [0.2, 0.25) is 0 Å². The summed E-state index contributed by atoms with van der Waals surface area (Å²) in [4.78, 5) is 12.6. The summed E-state index contributed by atoms with van der Waals surface area (Å²) in [6.45, 7) is 7.49. The van der Waals surface area contributed by atoms with Gasteiger partial charge in [-0.1, -0.05) is 51.1 Å². The van der Waals surface area contributed by atoms with Crippen molar-refractivity contribution in [3.8, 4) is 0 Å². The molecular weight excluding hydrogens is 450 g/mol. The number of carbonyl (C=O) groups excluding carboxylic acids is 1. The Kier molecular flexibility index (Phi) is 7.30. The molecule has 1 aromatic carbocycles. The van der Waals surface area contributed by atoms with E-state index in [4.69, 9.17) is 0 Å². The summed E-state index contributed by atoms with van der Waals surface area (Å²) >= 11 is 0. The van der Waals surface area contributed by atoms with Crippen LogP contribution in [0.15, 0.2) is 30.3 Å². The first-order chi connectivity index (χ1) is 17.1. The van der Waals surface area contributed by atoms with Crippen molar-refractivity contribution in [1.29, 1.82) is 0 Å². The fourth-order valence-electron chi connectivity index (χ4n) is 9.58. The molecule has 0 saturated heterocycles. The Morgan fingerprint density at radius 1 is 1.03 bits per heavy atom. The second-order valence-corrected chi connectivity index (χ2v) is 13.3.